The maximum atomic E-state index is 12.6. The molecule has 32 heavy (non-hydrogen) atoms. The topological polar surface area (TPSA) is 80.8 Å². The van der Waals surface area contributed by atoms with Gasteiger partial charge < -0.3 is 19.7 Å². The number of amides is 2. The van der Waals surface area contributed by atoms with Gasteiger partial charge in [0, 0.05) is 25.6 Å². The van der Waals surface area contributed by atoms with Crippen LogP contribution in [0.2, 0.25) is 0 Å². The van der Waals surface area contributed by atoms with Gasteiger partial charge in [0.25, 0.3) is 0 Å². The van der Waals surface area contributed by atoms with Crippen molar-refractivity contribution in [2.75, 3.05) is 18.1 Å². The first-order chi connectivity index (χ1) is 15.7. The van der Waals surface area contributed by atoms with Crippen molar-refractivity contribution >= 4 is 17.5 Å². The van der Waals surface area contributed by atoms with Crippen molar-refractivity contribution in [3.63, 3.8) is 0 Å². The van der Waals surface area contributed by atoms with E-state index in [2.05, 4.69) is 10.3 Å². The summed E-state index contributed by atoms with van der Waals surface area (Å²) in [5, 5.41) is 2.88. The molecule has 0 radical (unpaired) electrons. The fourth-order valence-corrected chi connectivity index (χ4v) is 3.46. The predicted octanol–water partition coefficient (Wildman–Crippen LogP) is 3.48. The third kappa shape index (κ3) is 5.63. The molecule has 0 unspecified atom stereocenters. The molecule has 2 amide bonds. The van der Waals surface area contributed by atoms with E-state index in [1.807, 2.05) is 66.7 Å². The van der Waals surface area contributed by atoms with Gasteiger partial charge in [0.15, 0.2) is 0 Å². The van der Waals surface area contributed by atoms with E-state index in [1.165, 1.54) is 0 Å². The molecule has 1 aliphatic heterocycles. The lowest BCUT2D eigenvalue weighted by Crippen LogP contribution is -2.38. The van der Waals surface area contributed by atoms with Crippen molar-refractivity contribution in [2.45, 2.75) is 26.0 Å². The minimum Gasteiger partial charge on any atom is -0.490 e. The second-order valence-electron chi connectivity index (χ2n) is 7.40. The molecular weight excluding hydrogens is 406 g/mol. The average molecular weight is 431 g/mol. The van der Waals surface area contributed by atoms with Gasteiger partial charge in [-0.2, -0.15) is 0 Å². The van der Waals surface area contributed by atoms with E-state index in [-0.39, 0.29) is 24.7 Å². The number of rotatable bonds is 8. The molecule has 0 aliphatic carbocycles. The molecule has 4 rings (SSSR count). The van der Waals surface area contributed by atoms with Crippen LogP contribution in [0.1, 0.15) is 24.1 Å². The second-order valence-corrected chi connectivity index (χ2v) is 7.40. The number of benzene rings is 2. The Kier molecular flexibility index (Phi) is 6.97. The highest BCUT2D eigenvalue weighted by Crippen LogP contribution is 2.31. The van der Waals surface area contributed by atoms with Gasteiger partial charge in [-0.25, -0.2) is 0 Å². The Hall–Kier alpha value is -3.87. The van der Waals surface area contributed by atoms with E-state index < -0.39 is 0 Å². The summed E-state index contributed by atoms with van der Waals surface area (Å²) in [5.74, 6) is 1.16. The van der Waals surface area contributed by atoms with Crippen LogP contribution >= 0.6 is 0 Å². The summed E-state index contributed by atoms with van der Waals surface area (Å²) in [4.78, 5) is 30.9. The molecular formula is C25H25N3O4. The molecule has 0 atom stereocenters. The number of para-hydroxylation sites is 2. The smallest absolute Gasteiger partial charge is 0.227 e. The fourth-order valence-electron chi connectivity index (χ4n) is 3.46. The van der Waals surface area contributed by atoms with Crippen LogP contribution in [-0.2, 0) is 22.7 Å². The Morgan fingerprint density at radius 2 is 1.91 bits per heavy atom. The summed E-state index contributed by atoms with van der Waals surface area (Å²) in [6, 6.07) is 20.7. The standard InChI is InChI=1S/C25H25N3O4/c29-24(11-12-25(30)28-14-15-31-23-10-2-1-9-22(23)28)27-17-19-6-5-8-21(16-19)32-18-20-7-3-4-13-26-20/h1-10,13,16H,11-12,14-15,17-18H2,(H,27,29). The third-order valence-corrected chi connectivity index (χ3v) is 5.10. The van der Waals surface area contributed by atoms with E-state index in [4.69, 9.17) is 9.47 Å². The highest BCUT2D eigenvalue weighted by molar-refractivity contribution is 5.97. The van der Waals surface area contributed by atoms with Crippen LogP contribution in [0.25, 0.3) is 0 Å². The van der Waals surface area contributed by atoms with Gasteiger partial charge in [0.05, 0.1) is 17.9 Å². The maximum Gasteiger partial charge on any atom is 0.227 e. The summed E-state index contributed by atoms with van der Waals surface area (Å²) < 4.78 is 11.4. The van der Waals surface area contributed by atoms with Crippen molar-refractivity contribution in [2.24, 2.45) is 0 Å². The van der Waals surface area contributed by atoms with Gasteiger partial charge in [0.1, 0.15) is 24.7 Å². The summed E-state index contributed by atoms with van der Waals surface area (Å²) in [5.41, 5.74) is 2.52. The van der Waals surface area contributed by atoms with Gasteiger partial charge >= 0.3 is 0 Å². The Balaban J connectivity index is 1.23. The molecule has 1 N–H and O–H groups in total. The van der Waals surface area contributed by atoms with Gasteiger partial charge in [-0.05, 0) is 42.0 Å². The second kappa shape index (κ2) is 10.4. The number of fused-ring (bicyclic) bond motifs is 1. The number of hydrogen-bond acceptors (Lipinski definition) is 5. The number of nitrogens with one attached hydrogen (secondary N) is 1. The molecule has 0 bridgehead atoms. The molecule has 1 aliphatic rings. The van der Waals surface area contributed by atoms with Crippen LogP contribution in [0, 0.1) is 0 Å². The van der Waals surface area contributed by atoms with Gasteiger partial charge in [-0.3, -0.25) is 14.6 Å². The molecule has 0 fully saturated rings. The van der Waals surface area contributed by atoms with Gasteiger partial charge in [0.2, 0.25) is 11.8 Å². The summed E-state index contributed by atoms with van der Waals surface area (Å²) in [6.07, 6.45) is 2.01. The predicted molar refractivity (Wildman–Crippen MR) is 120 cm³/mol. The van der Waals surface area contributed by atoms with Gasteiger partial charge in [-0.15, -0.1) is 0 Å². The van der Waals surface area contributed by atoms with Crippen molar-refractivity contribution in [1.29, 1.82) is 0 Å². The normalized spacial score (nSPS) is 12.4. The molecule has 0 saturated carbocycles. The van der Waals surface area contributed by atoms with E-state index in [1.54, 1.807) is 11.1 Å². The monoisotopic (exact) mass is 431 g/mol. The molecule has 2 aromatic carbocycles. The first kappa shape index (κ1) is 21.4. The fraction of sp³-hybridized carbons (Fsp3) is 0.240. The van der Waals surface area contributed by atoms with Gasteiger partial charge in [-0.1, -0.05) is 30.3 Å². The lowest BCUT2D eigenvalue weighted by Gasteiger charge is -2.29. The molecule has 3 aromatic rings. The maximum absolute atomic E-state index is 12.6. The SMILES string of the molecule is O=C(CCC(=O)N1CCOc2ccccc21)NCc1cccc(OCc2ccccn2)c1. The Morgan fingerprint density at radius 1 is 1.03 bits per heavy atom. The van der Waals surface area contributed by atoms with E-state index >= 15 is 0 Å². The number of pyridine rings is 1. The molecule has 2 heterocycles. The summed E-state index contributed by atoms with van der Waals surface area (Å²) >= 11 is 0. The van der Waals surface area contributed by atoms with Crippen LogP contribution < -0.4 is 19.7 Å². The van der Waals surface area contributed by atoms with Crippen molar-refractivity contribution < 1.29 is 19.1 Å². The lowest BCUT2D eigenvalue weighted by atomic mass is 10.2. The van der Waals surface area contributed by atoms with E-state index in [0.717, 1.165) is 16.9 Å². The number of ether oxygens (including phenoxy) is 2. The van der Waals surface area contributed by atoms with Crippen LogP contribution in [0.3, 0.4) is 0 Å². The average Bonchev–Trinajstić information content (AvgIpc) is 2.85. The van der Waals surface area contributed by atoms with Crippen molar-refractivity contribution in [3.05, 3.63) is 84.2 Å². The minimum atomic E-state index is -0.167. The van der Waals surface area contributed by atoms with Crippen LogP contribution in [0.4, 0.5) is 5.69 Å². The largest absolute Gasteiger partial charge is 0.490 e. The Morgan fingerprint density at radius 3 is 2.78 bits per heavy atom. The van der Waals surface area contributed by atoms with Crippen LogP contribution in [-0.4, -0.2) is 29.9 Å². The van der Waals surface area contributed by atoms with Crippen LogP contribution in [0.5, 0.6) is 11.5 Å². The first-order valence-electron chi connectivity index (χ1n) is 10.6. The number of hydrogen-bond donors (Lipinski definition) is 1. The molecule has 0 saturated heterocycles. The molecule has 1 aromatic heterocycles. The zero-order chi connectivity index (χ0) is 22.2. The number of anilines is 1. The zero-order valence-electron chi connectivity index (χ0n) is 17.7. The summed E-state index contributed by atoms with van der Waals surface area (Å²) in [7, 11) is 0. The number of nitrogens with zero attached hydrogens (tertiary/aromatic N) is 2. The highest BCUT2D eigenvalue weighted by Gasteiger charge is 2.23. The summed E-state index contributed by atoms with van der Waals surface area (Å²) in [6.45, 7) is 1.69. The van der Waals surface area contributed by atoms with E-state index in [9.17, 15) is 9.59 Å². The molecule has 164 valence electrons. The third-order valence-electron chi connectivity index (χ3n) is 5.10. The first-order valence-corrected chi connectivity index (χ1v) is 10.6. The molecule has 7 nitrogen and oxygen atoms in total. The number of aromatic nitrogens is 1. The number of carbonyl (C=O) groups excluding carboxylic acids is 2. The van der Waals surface area contributed by atoms with Crippen LogP contribution in [0.15, 0.2) is 72.9 Å². The minimum absolute atomic E-state index is 0.0826. The Labute approximate surface area is 187 Å². The zero-order valence-corrected chi connectivity index (χ0v) is 17.7. The number of carbonyl (C=O) groups is 2. The highest BCUT2D eigenvalue weighted by atomic mass is 16.5. The molecule has 7 heteroatoms. The quantitative estimate of drug-likeness (QED) is 0.591. The Bertz CT molecular complexity index is 1070. The van der Waals surface area contributed by atoms with Crippen molar-refractivity contribution in [3.8, 4) is 11.5 Å². The van der Waals surface area contributed by atoms with Crippen molar-refractivity contribution in [1.82, 2.24) is 10.3 Å². The lowest BCUT2D eigenvalue weighted by molar-refractivity contribution is -0.125. The van der Waals surface area contributed by atoms with E-state index in [0.29, 0.717) is 37.8 Å². The molecule has 0 spiro atoms.